The quantitative estimate of drug-likeness (QED) is 0.684. The van der Waals surface area contributed by atoms with Gasteiger partial charge in [-0.3, -0.25) is 0 Å². The van der Waals surface area contributed by atoms with E-state index in [1.165, 1.54) is 25.8 Å². The van der Waals surface area contributed by atoms with Crippen LogP contribution in [-0.2, 0) is 0 Å². The van der Waals surface area contributed by atoms with Gasteiger partial charge in [-0.05, 0) is 39.4 Å². The fraction of sp³-hybridized carbons (Fsp3) is 1.00. The van der Waals surface area contributed by atoms with Gasteiger partial charge in [0.1, 0.15) is 0 Å². The van der Waals surface area contributed by atoms with Gasteiger partial charge in [-0.1, -0.05) is 13.3 Å². The maximum Gasteiger partial charge on any atom is 0.0246 e. The molecular weight excluding hydrogens is 148 g/mol. The van der Waals surface area contributed by atoms with E-state index in [2.05, 4.69) is 31.2 Å². The van der Waals surface area contributed by atoms with Crippen LogP contribution >= 0.6 is 0 Å². The number of rotatable bonds is 4. The molecule has 0 bridgehead atoms. The lowest BCUT2D eigenvalue weighted by Crippen LogP contribution is -2.37. The van der Waals surface area contributed by atoms with E-state index in [1.54, 1.807) is 0 Å². The molecule has 0 aromatic heterocycles. The molecule has 72 valence electrons. The van der Waals surface area contributed by atoms with Gasteiger partial charge in [0.2, 0.25) is 0 Å². The van der Waals surface area contributed by atoms with Crippen LogP contribution in [0.25, 0.3) is 0 Å². The van der Waals surface area contributed by atoms with Crippen LogP contribution in [0.1, 0.15) is 26.2 Å². The van der Waals surface area contributed by atoms with Crippen molar-refractivity contribution in [2.75, 3.05) is 27.2 Å². The Kier molecular flexibility index (Phi) is 4.02. The van der Waals surface area contributed by atoms with Crippen molar-refractivity contribution in [1.82, 2.24) is 10.2 Å². The molecule has 0 aromatic rings. The summed E-state index contributed by atoms with van der Waals surface area (Å²) >= 11 is 0. The Morgan fingerprint density at radius 1 is 1.50 bits per heavy atom. The summed E-state index contributed by atoms with van der Waals surface area (Å²) in [6, 6.07) is 0.787. The summed E-state index contributed by atoms with van der Waals surface area (Å²) in [6.07, 6.45) is 4.13. The van der Waals surface area contributed by atoms with E-state index in [1.807, 2.05) is 0 Å². The molecule has 1 aliphatic rings. The standard InChI is InChI=1S/C10H22N2/c1-4-5-9-6-7-12(3)10(9)8-11-2/h9-11H,4-8H2,1-3H3. The maximum atomic E-state index is 3.29. The molecule has 0 aromatic carbocycles. The second kappa shape index (κ2) is 4.83. The molecule has 0 amide bonds. The highest BCUT2D eigenvalue weighted by Crippen LogP contribution is 2.26. The van der Waals surface area contributed by atoms with Crippen molar-refractivity contribution in [3.05, 3.63) is 0 Å². The van der Waals surface area contributed by atoms with E-state index in [0.29, 0.717) is 0 Å². The molecule has 1 heterocycles. The van der Waals surface area contributed by atoms with Crippen LogP contribution < -0.4 is 5.32 Å². The molecule has 2 heteroatoms. The first-order chi connectivity index (χ1) is 5.79. The lowest BCUT2D eigenvalue weighted by Gasteiger charge is -2.24. The largest absolute Gasteiger partial charge is 0.318 e. The number of nitrogens with zero attached hydrogens (tertiary/aromatic N) is 1. The van der Waals surface area contributed by atoms with E-state index in [-0.39, 0.29) is 0 Å². The normalized spacial score (nSPS) is 31.2. The predicted octanol–water partition coefficient (Wildman–Crippen LogP) is 1.33. The topological polar surface area (TPSA) is 15.3 Å². The minimum absolute atomic E-state index is 0.787. The Bertz CT molecular complexity index is 123. The van der Waals surface area contributed by atoms with E-state index >= 15 is 0 Å². The van der Waals surface area contributed by atoms with Crippen LogP contribution in [0.5, 0.6) is 0 Å². The van der Waals surface area contributed by atoms with E-state index < -0.39 is 0 Å². The third-order valence-electron chi connectivity index (χ3n) is 3.04. The maximum absolute atomic E-state index is 3.29. The highest BCUT2D eigenvalue weighted by atomic mass is 15.2. The van der Waals surface area contributed by atoms with Crippen molar-refractivity contribution in [3.8, 4) is 0 Å². The summed E-state index contributed by atoms with van der Waals surface area (Å²) < 4.78 is 0. The first-order valence-electron chi connectivity index (χ1n) is 5.14. The minimum Gasteiger partial charge on any atom is -0.318 e. The van der Waals surface area contributed by atoms with Crippen LogP contribution in [0, 0.1) is 5.92 Å². The zero-order chi connectivity index (χ0) is 8.97. The monoisotopic (exact) mass is 170 g/mol. The molecule has 2 unspecified atom stereocenters. The Hall–Kier alpha value is -0.0800. The number of hydrogen-bond donors (Lipinski definition) is 1. The average molecular weight is 170 g/mol. The summed E-state index contributed by atoms with van der Waals surface area (Å²) in [5, 5.41) is 3.29. The molecule has 1 aliphatic heterocycles. The minimum atomic E-state index is 0.787. The Labute approximate surface area is 76.3 Å². The van der Waals surface area contributed by atoms with Crippen molar-refractivity contribution >= 4 is 0 Å². The molecule has 2 nitrogen and oxygen atoms in total. The zero-order valence-corrected chi connectivity index (χ0v) is 8.64. The molecular formula is C10H22N2. The van der Waals surface area contributed by atoms with E-state index in [0.717, 1.165) is 18.5 Å². The van der Waals surface area contributed by atoms with Crippen molar-refractivity contribution in [3.63, 3.8) is 0 Å². The smallest absolute Gasteiger partial charge is 0.0246 e. The van der Waals surface area contributed by atoms with Gasteiger partial charge in [0, 0.05) is 12.6 Å². The Morgan fingerprint density at radius 2 is 2.25 bits per heavy atom. The van der Waals surface area contributed by atoms with Gasteiger partial charge in [-0.25, -0.2) is 0 Å². The third-order valence-corrected chi connectivity index (χ3v) is 3.04. The predicted molar refractivity (Wildman–Crippen MR) is 53.4 cm³/mol. The van der Waals surface area contributed by atoms with Crippen molar-refractivity contribution in [2.45, 2.75) is 32.2 Å². The van der Waals surface area contributed by atoms with Crippen LogP contribution in [0.3, 0.4) is 0 Å². The molecule has 1 saturated heterocycles. The van der Waals surface area contributed by atoms with Crippen LogP contribution in [0.2, 0.25) is 0 Å². The average Bonchev–Trinajstić information content (AvgIpc) is 2.37. The summed E-state index contributed by atoms with van der Waals surface area (Å²) in [5.41, 5.74) is 0. The van der Waals surface area contributed by atoms with E-state index in [4.69, 9.17) is 0 Å². The highest BCUT2D eigenvalue weighted by molar-refractivity contribution is 4.85. The lowest BCUT2D eigenvalue weighted by atomic mass is 9.95. The van der Waals surface area contributed by atoms with E-state index in [9.17, 15) is 0 Å². The van der Waals surface area contributed by atoms with Crippen molar-refractivity contribution < 1.29 is 0 Å². The molecule has 0 spiro atoms. The van der Waals surface area contributed by atoms with Gasteiger partial charge >= 0.3 is 0 Å². The molecule has 12 heavy (non-hydrogen) atoms. The summed E-state index contributed by atoms with van der Waals surface area (Å²) in [6.45, 7) is 4.73. The fourth-order valence-electron chi connectivity index (χ4n) is 2.33. The molecule has 1 N–H and O–H groups in total. The summed E-state index contributed by atoms with van der Waals surface area (Å²) in [4.78, 5) is 2.50. The van der Waals surface area contributed by atoms with Crippen molar-refractivity contribution in [1.29, 1.82) is 0 Å². The fourth-order valence-corrected chi connectivity index (χ4v) is 2.33. The number of likely N-dealkylation sites (tertiary alicyclic amines) is 1. The summed E-state index contributed by atoms with van der Waals surface area (Å²) in [5.74, 6) is 0.937. The highest BCUT2D eigenvalue weighted by Gasteiger charge is 2.29. The summed E-state index contributed by atoms with van der Waals surface area (Å²) in [7, 11) is 4.30. The first kappa shape index (κ1) is 10.0. The van der Waals surface area contributed by atoms with Gasteiger partial charge in [0.15, 0.2) is 0 Å². The van der Waals surface area contributed by atoms with Gasteiger partial charge in [-0.15, -0.1) is 0 Å². The van der Waals surface area contributed by atoms with Crippen LogP contribution in [0.15, 0.2) is 0 Å². The molecule has 0 saturated carbocycles. The first-order valence-corrected chi connectivity index (χ1v) is 5.14. The third kappa shape index (κ3) is 2.20. The second-order valence-electron chi connectivity index (χ2n) is 3.94. The Morgan fingerprint density at radius 3 is 2.83 bits per heavy atom. The Balaban J connectivity index is 2.39. The molecule has 2 atom stereocenters. The van der Waals surface area contributed by atoms with Crippen LogP contribution in [-0.4, -0.2) is 38.1 Å². The van der Waals surface area contributed by atoms with Crippen LogP contribution in [0.4, 0.5) is 0 Å². The number of likely N-dealkylation sites (N-methyl/N-ethyl adjacent to an activating group) is 2. The number of hydrogen-bond acceptors (Lipinski definition) is 2. The molecule has 0 aliphatic carbocycles. The molecule has 1 rings (SSSR count). The molecule has 0 radical (unpaired) electrons. The SMILES string of the molecule is CCCC1CCN(C)C1CNC. The van der Waals surface area contributed by atoms with Gasteiger partial charge in [0.25, 0.3) is 0 Å². The second-order valence-corrected chi connectivity index (χ2v) is 3.94. The number of nitrogens with one attached hydrogen (secondary N) is 1. The van der Waals surface area contributed by atoms with Gasteiger partial charge < -0.3 is 10.2 Å². The molecule has 1 fully saturated rings. The van der Waals surface area contributed by atoms with Gasteiger partial charge in [0.05, 0.1) is 0 Å². The van der Waals surface area contributed by atoms with Gasteiger partial charge in [-0.2, -0.15) is 0 Å². The van der Waals surface area contributed by atoms with Crippen molar-refractivity contribution in [2.24, 2.45) is 5.92 Å². The zero-order valence-electron chi connectivity index (χ0n) is 8.64. The lowest BCUT2D eigenvalue weighted by molar-refractivity contribution is 0.259.